The Kier molecular flexibility index (Phi) is 5.08. The van der Waals surface area contributed by atoms with Crippen LogP contribution < -0.4 is 15.8 Å². The molecule has 2 aromatic rings. The number of nitrogens with two attached hydrogens (primary N) is 1. The zero-order valence-electron chi connectivity index (χ0n) is 15.6. The van der Waals surface area contributed by atoms with Gasteiger partial charge in [0.2, 0.25) is 15.8 Å². The zero-order valence-corrected chi connectivity index (χ0v) is 16.5. The Morgan fingerprint density at radius 2 is 1.72 bits per heavy atom. The molecule has 4 N–H and O–H groups in total. The third-order valence-corrected chi connectivity index (χ3v) is 6.31. The number of fused-ring (bicyclic) bond motifs is 1. The average Bonchev–Trinajstić information content (AvgIpc) is 2.72. The van der Waals surface area contributed by atoms with Gasteiger partial charge in [0, 0.05) is 17.3 Å². The molecule has 0 unspecified atom stereocenters. The average molecular weight is 411 g/mol. The number of carbonyl (C=O) groups excluding carboxylic acids is 2. The summed E-state index contributed by atoms with van der Waals surface area (Å²) in [6, 6.07) is 11.8. The zero-order chi connectivity index (χ0) is 20.6. The van der Waals surface area contributed by atoms with Crippen molar-refractivity contribution >= 4 is 27.3 Å². The topological polar surface area (TPSA) is 118 Å². The van der Waals surface area contributed by atoms with Crippen LogP contribution in [0, 0.1) is 0 Å². The lowest BCUT2D eigenvalue weighted by atomic mass is 9.88. The number of allylic oxidation sites excluding steroid dienone is 2. The van der Waals surface area contributed by atoms with E-state index in [2.05, 4.69) is 10.6 Å². The molecule has 1 aliphatic heterocycles. The summed E-state index contributed by atoms with van der Waals surface area (Å²) in [6.07, 6.45) is 3.13. The summed E-state index contributed by atoms with van der Waals surface area (Å²) in [5.41, 5.74) is 1.86. The Morgan fingerprint density at radius 1 is 1.00 bits per heavy atom. The van der Waals surface area contributed by atoms with Crippen LogP contribution in [0.4, 0.5) is 5.69 Å². The highest BCUT2D eigenvalue weighted by atomic mass is 32.2. The molecular formula is C21H21N3O4S. The van der Waals surface area contributed by atoms with Crippen LogP contribution in [-0.2, 0) is 10.0 Å². The van der Waals surface area contributed by atoms with E-state index in [0.717, 1.165) is 43.3 Å². The molecule has 0 radical (unpaired) electrons. The smallest absolute Gasteiger partial charge is 0.238 e. The second-order valence-electron chi connectivity index (χ2n) is 7.21. The molecule has 1 aliphatic carbocycles. The Balaban J connectivity index is 1.70. The minimum absolute atomic E-state index is 0.0332. The maximum absolute atomic E-state index is 13.0. The third kappa shape index (κ3) is 3.74. The largest absolute Gasteiger partial charge is 0.352 e. The fourth-order valence-corrected chi connectivity index (χ4v) is 4.73. The summed E-state index contributed by atoms with van der Waals surface area (Å²) < 4.78 is 23.6. The maximum Gasteiger partial charge on any atom is 0.238 e. The van der Waals surface area contributed by atoms with Gasteiger partial charge in [0.25, 0.3) is 0 Å². The van der Waals surface area contributed by atoms with Gasteiger partial charge in [-0.15, -0.1) is 0 Å². The molecule has 0 atom stereocenters. The number of benzene rings is 2. The van der Waals surface area contributed by atoms with E-state index in [9.17, 15) is 18.0 Å². The van der Waals surface area contributed by atoms with E-state index in [1.807, 2.05) is 24.3 Å². The molecule has 2 aromatic carbocycles. The molecule has 0 amide bonds. The predicted octanol–water partition coefficient (Wildman–Crippen LogP) is 2.18. The number of anilines is 1. The standard InChI is InChI=1S/C21H21N3O4S/c22-29(27,28)19-7-3-5-15-20(19)18(25)12-17(21(15)26)24-16-6-2-1-4-14(16)13-8-10-23-11-9-13/h1-7,12-13,23-24H,8-11H2,(H2,22,27,28). The van der Waals surface area contributed by atoms with Crippen LogP contribution in [0.15, 0.2) is 59.1 Å². The van der Waals surface area contributed by atoms with Crippen molar-refractivity contribution in [3.8, 4) is 0 Å². The second-order valence-corrected chi connectivity index (χ2v) is 8.74. The fraction of sp³-hybridized carbons (Fsp3) is 0.238. The van der Waals surface area contributed by atoms with E-state index >= 15 is 0 Å². The number of ketones is 2. The van der Waals surface area contributed by atoms with Gasteiger partial charge in [-0.2, -0.15) is 0 Å². The SMILES string of the molecule is NS(=O)(=O)c1cccc2c1C(=O)C=C(Nc1ccccc1C1CCNCC1)C2=O. The van der Waals surface area contributed by atoms with E-state index in [0.29, 0.717) is 5.92 Å². The number of piperidine rings is 1. The summed E-state index contributed by atoms with van der Waals surface area (Å²) in [6.45, 7) is 1.87. The van der Waals surface area contributed by atoms with Gasteiger partial charge in [0.1, 0.15) is 0 Å². The number of carbonyl (C=O) groups is 2. The third-order valence-electron chi connectivity index (χ3n) is 5.35. The highest BCUT2D eigenvalue weighted by Gasteiger charge is 2.31. The Bertz CT molecular complexity index is 1130. The second kappa shape index (κ2) is 7.55. The number of nitrogens with one attached hydrogen (secondary N) is 2. The van der Waals surface area contributed by atoms with Crippen molar-refractivity contribution in [2.75, 3.05) is 18.4 Å². The van der Waals surface area contributed by atoms with Gasteiger partial charge in [0.05, 0.1) is 16.2 Å². The van der Waals surface area contributed by atoms with E-state index in [1.54, 1.807) is 0 Å². The number of rotatable bonds is 4. The molecule has 2 aliphatic rings. The van der Waals surface area contributed by atoms with Crippen molar-refractivity contribution in [1.29, 1.82) is 0 Å². The van der Waals surface area contributed by atoms with Crippen molar-refractivity contribution in [1.82, 2.24) is 5.32 Å². The molecule has 8 heteroatoms. The van der Waals surface area contributed by atoms with E-state index in [4.69, 9.17) is 5.14 Å². The van der Waals surface area contributed by atoms with Crippen molar-refractivity contribution in [3.05, 3.63) is 70.9 Å². The first-order chi connectivity index (χ1) is 13.9. The molecule has 0 saturated carbocycles. The summed E-state index contributed by atoms with van der Waals surface area (Å²) >= 11 is 0. The van der Waals surface area contributed by atoms with E-state index < -0.39 is 21.6 Å². The Morgan fingerprint density at radius 3 is 2.45 bits per heavy atom. The van der Waals surface area contributed by atoms with Gasteiger partial charge in [-0.25, -0.2) is 13.6 Å². The first-order valence-electron chi connectivity index (χ1n) is 9.39. The van der Waals surface area contributed by atoms with Crippen LogP contribution in [0.2, 0.25) is 0 Å². The van der Waals surface area contributed by atoms with Gasteiger partial charge in [-0.3, -0.25) is 9.59 Å². The van der Waals surface area contributed by atoms with E-state index in [-0.39, 0.29) is 21.7 Å². The maximum atomic E-state index is 13.0. The lowest BCUT2D eigenvalue weighted by Gasteiger charge is -2.26. The lowest BCUT2D eigenvalue weighted by molar-refractivity contribution is 0.0983. The van der Waals surface area contributed by atoms with Crippen LogP contribution in [0.25, 0.3) is 0 Å². The van der Waals surface area contributed by atoms with Crippen LogP contribution in [0.1, 0.15) is 45.0 Å². The highest BCUT2D eigenvalue weighted by Crippen LogP contribution is 2.33. The summed E-state index contributed by atoms with van der Waals surface area (Å²) in [4.78, 5) is 25.4. The van der Waals surface area contributed by atoms with Gasteiger partial charge < -0.3 is 10.6 Å². The highest BCUT2D eigenvalue weighted by molar-refractivity contribution is 7.89. The first-order valence-corrected chi connectivity index (χ1v) is 10.9. The van der Waals surface area contributed by atoms with Crippen molar-refractivity contribution < 1.29 is 18.0 Å². The molecule has 1 heterocycles. The van der Waals surface area contributed by atoms with Crippen molar-refractivity contribution in [3.63, 3.8) is 0 Å². The molecule has 0 bridgehead atoms. The lowest BCUT2D eigenvalue weighted by Crippen LogP contribution is -2.28. The van der Waals surface area contributed by atoms with Crippen LogP contribution in [-0.4, -0.2) is 33.1 Å². The van der Waals surface area contributed by atoms with Crippen molar-refractivity contribution in [2.24, 2.45) is 5.14 Å². The molecule has 4 rings (SSSR count). The van der Waals surface area contributed by atoms with Crippen molar-refractivity contribution in [2.45, 2.75) is 23.7 Å². The summed E-state index contributed by atoms with van der Waals surface area (Å²) in [5.74, 6) is -0.646. The number of para-hydroxylation sites is 1. The summed E-state index contributed by atoms with van der Waals surface area (Å²) in [5, 5.41) is 11.7. The minimum Gasteiger partial charge on any atom is -0.352 e. The first kappa shape index (κ1) is 19.5. The number of sulfonamides is 1. The predicted molar refractivity (Wildman–Crippen MR) is 109 cm³/mol. The number of hydrogen-bond donors (Lipinski definition) is 3. The molecular weight excluding hydrogens is 390 g/mol. The Labute approximate surface area is 169 Å². The summed E-state index contributed by atoms with van der Waals surface area (Å²) in [7, 11) is -4.13. The van der Waals surface area contributed by atoms with Crippen LogP contribution in [0.5, 0.6) is 0 Å². The molecule has 1 fully saturated rings. The minimum atomic E-state index is -4.13. The molecule has 29 heavy (non-hydrogen) atoms. The molecule has 0 spiro atoms. The van der Waals surface area contributed by atoms with Crippen LogP contribution >= 0.6 is 0 Å². The quantitative estimate of drug-likeness (QED) is 0.710. The van der Waals surface area contributed by atoms with Crippen LogP contribution in [0.3, 0.4) is 0 Å². The van der Waals surface area contributed by atoms with Gasteiger partial charge in [-0.05, 0) is 49.5 Å². The number of primary sulfonamides is 1. The molecule has 0 aromatic heterocycles. The van der Waals surface area contributed by atoms with Gasteiger partial charge >= 0.3 is 0 Å². The van der Waals surface area contributed by atoms with Gasteiger partial charge in [-0.1, -0.05) is 30.3 Å². The fourth-order valence-electron chi connectivity index (χ4n) is 3.96. The normalized spacial score (nSPS) is 17.6. The molecule has 150 valence electrons. The van der Waals surface area contributed by atoms with Gasteiger partial charge in [0.15, 0.2) is 5.78 Å². The molecule has 7 nitrogen and oxygen atoms in total. The monoisotopic (exact) mass is 411 g/mol. The number of Topliss-reactive ketones (excluding diaryl/α,β-unsaturated/α-hetero) is 1. The van der Waals surface area contributed by atoms with E-state index in [1.165, 1.54) is 18.2 Å². The Hall–Kier alpha value is -2.81. The molecule has 1 saturated heterocycles. The number of hydrogen-bond acceptors (Lipinski definition) is 6.